The SMILES string of the molecule is CCC(CC)=C(NC=O)C(=O)OC. The van der Waals surface area contributed by atoms with Gasteiger partial charge in [-0.15, -0.1) is 0 Å². The normalized spacial score (nSPS) is 8.85. The Morgan fingerprint density at radius 2 is 1.92 bits per heavy atom. The minimum atomic E-state index is -0.495. The van der Waals surface area contributed by atoms with Crippen LogP contribution in [-0.4, -0.2) is 19.5 Å². The Morgan fingerprint density at radius 3 is 2.23 bits per heavy atom. The predicted octanol–water partition coefficient (Wildman–Crippen LogP) is 0.979. The first kappa shape index (κ1) is 11.7. The highest BCUT2D eigenvalue weighted by molar-refractivity contribution is 5.90. The van der Waals surface area contributed by atoms with Crippen LogP contribution in [-0.2, 0) is 14.3 Å². The molecule has 0 aromatic heterocycles. The van der Waals surface area contributed by atoms with E-state index in [0.29, 0.717) is 6.41 Å². The van der Waals surface area contributed by atoms with Gasteiger partial charge in [0, 0.05) is 0 Å². The first-order valence-corrected chi connectivity index (χ1v) is 4.21. The molecule has 74 valence electrons. The average Bonchev–Trinajstić information content (AvgIpc) is 2.17. The number of allylic oxidation sites excluding steroid dienone is 1. The minimum absolute atomic E-state index is 0.266. The molecule has 0 heterocycles. The summed E-state index contributed by atoms with van der Waals surface area (Å²) in [6.07, 6.45) is 1.93. The maximum Gasteiger partial charge on any atom is 0.354 e. The summed E-state index contributed by atoms with van der Waals surface area (Å²) in [5, 5.41) is 2.36. The monoisotopic (exact) mass is 185 g/mol. The summed E-state index contributed by atoms with van der Waals surface area (Å²) in [6, 6.07) is 0. The van der Waals surface area contributed by atoms with Gasteiger partial charge in [0.1, 0.15) is 5.70 Å². The van der Waals surface area contributed by atoms with Gasteiger partial charge in [-0.3, -0.25) is 4.79 Å². The van der Waals surface area contributed by atoms with E-state index in [0.717, 1.165) is 18.4 Å². The van der Waals surface area contributed by atoms with Gasteiger partial charge in [-0.25, -0.2) is 4.79 Å². The fraction of sp³-hybridized carbons (Fsp3) is 0.556. The van der Waals surface area contributed by atoms with Crippen LogP contribution in [0.3, 0.4) is 0 Å². The number of amides is 1. The molecule has 13 heavy (non-hydrogen) atoms. The number of ether oxygens (including phenoxy) is 1. The van der Waals surface area contributed by atoms with Crippen LogP contribution in [0.15, 0.2) is 11.3 Å². The van der Waals surface area contributed by atoms with Crippen LogP contribution in [0.4, 0.5) is 0 Å². The third-order valence-electron chi connectivity index (χ3n) is 1.80. The highest BCUT2D eigenvalue weighted by Crippen LogP contribution is 2.11. The summed E-state index contributed by atoms with van der Waals surface area (Å²) in [6.45, 7) is 3.85. The van der Waals surface area contributed by atoms with E-state index in [1.54, 1.807) is 0 Å². The van der Waals surface area contributed by atoms with E-state index in [1.807, 2.05) is 13.8 Å². The fourth-order valence-corrected chi connectivity index (χ4v) is 1.07. The Kier molecular flexibility index (Phi) is 5.59. The smallest absolute Gasteiger partial charge is 0.354 e. The second-order valence-corrected chi connectivity index (χ2v) is 2.44. The number of methoxy groups -OCH3 is 1. The van der Waals surface area contributed by atoms with Gasteiger partial charge < -0.3 is 10.1 Å². The molecule has 0 aliphatic carbocycles. The van der Waals surface area contributed by atoms with Crippen LogP contribution in [0.1, 0.15) is 26.7 Å². The molecule has 1 N–H and O–H groups in total. The molecule has 1 amide bonds. The second-order valence-electron chi connectivity index (χ2n) is 2.44. The summed E-state index contributed by atoms with van der Waals surface area (Å²) in [5.41, 5.74) is 1.15. The summed E-state index contributed by atoms with van der Waals surface area (Å²) < 4.78 is 4.53. The maximum absolute atomic E-state index is 11.2. The van der Waals surface area contributed by atoms with Gasteiger partial charge in [0.15, 0.2) is 0 Å². The van der Waals surface area contributed by atoms with Gasteiger partial charge in [-0.2, -0.15) is 0 Å². The zero-order chi connectivity index (χ0) is 10.3. The van der Waals surface area contributed by atoms with Crippen molar-refractivity contribution in [3.05, 3.63) is 11.3 Å². The number of hydrogen-bond donors (Lipinski definition) is 1. The van der Waals surface area contributed by atoms with Crippen LogP contribution in [0.25, 0.3) is 0 Å². The lowest BCUT2D eigenvalue weighted by Crippen LogP contribution is -2.22. The van der Waals surface area contributed by atoms with E-state index >= 15 is 0 Å². The molecular formula is C9H15NO3. The molecule has 0 aliphatic rings. The number of carbonyl (C=O) groups excluding carboxylic acids is 2. The first-order chi connectivity index (χ1) is 6.21. The first-order valence-electron chi connectivity index (χ1n) is 4.21. The lowest BCUT2D eigenvalue weighted by molar-refractivity contribution is -0.137. The molecule has 0 fully saturated rings. The number of carbonyl (C=O) groups is 2. The Morgan fingerprint density at radius 1 is 1.38 bits per heavy atom. The maximum atomic E-state index is 11.2. The molecule has 0 saturated carbocycles. The summed E-state index contributed by atoms with van der Waals surface area (Å²) >= 11 is 0. The van der Waals surface area contributed by atoms with Crippen molar-refractivity contribution in [3.63, 3.8) is 0 Å². The third-order valence-corrected chi connectivity index (χ3v) is 1.80. The van der Waals surface area contributed by atoms with Gasteiger partial charge in [-0.05, 0) is 18.4 Å². The Hall–Kier alpha value is -1.32. The van der Waals surface area contributed by atoms with Crippen molar-refractivity contribution >= 4 is 12.4 Å². The van der Waals surface area contributed by atoms with Crippen LogP contribution in [0, 0.1) is 0 Å². The fourth-order valence-electron chi connectivity index (χ4n) is 1.07. The second kappa shape index (κ2) is 6.22. The van der Waals surface area contributed by atoms with E-state index < -0.39 is 5.97 Å². The molecule has 0 rings (SSSR count). The van der Waals surface area contributed by atoms with Gasteiger partial charge in [0.2, 0.25) is 6.41 Å². The van der Waals surface area contributed by atoms with E-state index in [4.69, 9.17) is 0 Å². The Bertz CT molecular complexity index is 215. The topological polar surface area (TPSA) is 55.4 Å². The molecule has 0 unspecified atom stereocenters. The molecule has 0 aromatic rings. The minimum Gasteiger partial charge on any atom is -0.464 e. The summed E-state index contributed by atoms with van der Waals surface area (Å²) in [5.74, 6) is -0.495. The van der Waals surface area contributed by atoms with E-state index in [9.17, 15) is 9.59 Å². The van der Waals surface area contributed by atoms with Crippen LogP contribution in [0.2, 0.25) is 0 Å². The van der Waals surface area contributed by atoms with Crippen molar-refractivity contribution in [1.82, 2.24) is 5.32 Å². The lowest BCUT2D eigenvalue weighted by atomic mass is 10.1. The molecule has 0 atom stereocenters. The molecule has 0 aromatic carbocycles. The van der Waals surface area contributed by atoms with Crippen molar-refractivity contribution in [2.75, 3.05) is 7.11 Å². The summed E-state index contributed by atoms with van der Waals surface area (Å²) in [4.78, 5) is 21.4. The standard InChI is InChI=1S/C9H15NO3/c1-4-7(5-2)8(10-6-11)9(12)13-3/h6H,4-5H2,1-3H3,(H,10,11). The number of nitrogens with one attached hydrogen (secondary N) is 1. The highest BCUT2D eigenvalue weighted by Gasteiger charge is 2.12. The van der Waals surface area contributed by atoms with E-state index in [1.165, 1.54) is 7.11 Å². The van der Waals surface area contributed by atoms with Gasteiger partial charge in [0.05, 0.1) is 7.11 Å². The quantitative estimate of drug-likeness (QED) is 0.394. The van der Waals surface area contributed by atoms with Crippen LogP contribution in [0.5, 0.6) is 0 Å². The Balaban J connectivity index is 4.82. The Labute approximate surface area is 78.0 Å². The highest BCUT2D eigenvalue weighted by atomic mass is 16.5. The van der Waals surface area contributed by atoms with E-state index in [-0.39, 0.29) is 5.70 Å². The lowest BCUT2D eigenvalue weighted by Gasteiger charge is -2.08. The van der Waals surface area contributed by atoms with Gasteiger partial charge in [-0.1, -0.05) is 13.8 Å². The number of rotatable bonds is 5. The zero-order valence-electron chi connectivity index (χ0n) is 8.22. The average molecular weight is 185 g/mol. The molecule has 0 radical (unpaired) electrons. The molecular weight excluding hydrogens is 170 g/mol. The third kappa shape index (κ3) is 3.27. The number of hydrogen-bond acceptors (Lipinski definition) is 3. The zero-order valence-corrected chi connectivity index (χ0v) is 8.22. The predicted molar refractivity (Wildman–Crippen MR) is 48.8 cm³/mol. The van der Waals surface area contributed by atoms with Crippen molar-refractivity contribution < 1.29 is 14.3 Å². The molecule has 0 aliphatic heterocycles. The largest absolute Gasteiger partial charge is 0.464 e. The molecule has 4 heteroatoms. The molecule has 4 nitrogen and oxygen atoms in total. The number of esters is 1. The molecule has 0 spiro atoms. The van der Waals surface area contributed by atoms with E-state index in [2.05, 4.69) is 10.1 Å². The van der Waals surface area contributed by atoms with Crippen molar-refractivity contribution in [3.8, 4) is 0 Å². The van der Waals surface area contributed by atoms with Gasteiger partial charge in [0.25, 0.3) is 0 Å². The van der Waals surface area contributed by atoms with Crippen LogP contribution >= 0.6 is 0 Å². The van der Waals surface area contributed by atoms with Crippen molar-refractivity contribution in [1.29, 1.82) is 0 Å². The van der Waals surface area contributed by atoms with Crippen LogP contribution < -0.4 is 5.32 Å². The van der Waals surface area contributed by atoms with Gasteiger partial charge >= 0.3 is 5.97 Å². The summed E-state index contributed by atoms with van der Waals surface area (Å²) in [7, 11) is 1.29. The van der Waals surface area contributed by atoms with Crippen molar-refractivity contribution in [2.24, 2.45) is 0 Å². The van der Waals surface area contributed by atoms with Crippen molar-refractivity contribution in [2.45, 2.75) is 26.7 Å². The molecule has 0 saturated heterocycles. The molecule has 0 bridgehead atoms.